The van der Waals surface area contributed by atoms with Crippen LogP contribution in [0.4, 0.5) is 0 Å². The van der Waals surface area contributed by atoms with E-state index in [4.69, 9.17) is 0 Å². The first-order chi connectivity index (χ1) is 12.0. The van der Waals surface area contributed by atoms with Crippen LogP contribution in [0.2, 0.25) is 0 Å². The Balaban J connectivity index is 2.07. The molecule has 0 radical (unpaired) electrons. The van der Waals surface area contributed by atoms with Crippen LogP contribution in [0.5, 0.6) is 0 Å². The van der Waals surface area contributed by atoms with Crippen molar-refractivity contribution in [2.45, 2.75) is 16.7 Å². The lowest BCUT2D eigenvalue weighted by atomic mass is 10.1. The maximum Gasteiger partial charge on any atom is 0.216 e. The maximum atomic E-state index is 11.4. The number of hydrogen-bond donors (Lipinski definition) is 0. The van der Waals surface area contributed by atoms with Crippen LogP contribution in [0.25, 0.3) is 12.2 Å². The fraction of sp³-hybridized carbons (Fsp3) is 0.0476. The summed E-state index contributed by atoms with van der Waals surface area (Å²) in [5, 5.41) is -0.119. The second kappa shape index (κ2) is 9.25. The molecule has 0 aromatic heterocycles. The second-order valence-corrected chi connectivity index (χ2v) is 7.30. The van der Waals surface area contributed by atoms with E-state index in [1.54, 1.807) is 0 Å². The van der Waals surface area contributed by atoms with Gasteiger partial charge in [-0.3, -0.25) is 9.59 Å². The number of rotatable bonds is 6. The van der Waals surface area contributed by atoms with Crippen molar-refractivity contribution < 1.29 is 9.59 Å². The van der Waals surface area contributed by atoms with Crippen LogP contribution in [0.15, 0.2) is 77.6 Å². The van der Waals surface area contributed by atoms with Crippen LogP contribution in [0.3, 0.4) is 0 Å². The molecular formula is C21H18O2S2. The molecule has 126 valence electrons. The SMILES string of the molecule is C=CC(=O)Sc1ccc(/C=C/c2ccc(SC(=O)C=C)c(C)c2)cc1. The van der Waals surface area contributed by atoms with E-state index in [1.807, 2.05) is 61.5 Å². The molecule has 0 aliphatic heterocycles. The first-order valence-electron chi connectivity index (χ1n) is 7.59. The van der Waals surface area contributed by atoms with E-state index >= 15 is 0 Å². The number of aryl methyl sites for hydroxylation is 1. The van der Waals surface area contributed by atoms with Crippen LogP contribution in [-0.2, 0) is 9.59 Å². The highest BCUT2D eigenvalue weighted by Gasteiger charge is 2.04. The summed E-state index contributed by atoms with van der Waals surface area (Å²) in [6, 6.07) is 13.7. The van der Waals surface area contributed by atoms with Gasteiger partial charge < -0.3 is 0 Å². The number of carbonyl (C=O) groups excluding carboxylic acids is 2. The van der Waals surface area contributed by atoms with Gasteiger partial charge in [0.2, 0.25) is 10.2 Å². The van der Waals surface area contributed by atoms with Gasteiger partial charge >= 0.3 is 0 Å². The van der Waals surface area contributed by atoms with Crippen molar-refractivity contribution in [1.29, 1.82) is 0 Å². The lowest BCUT2D eigenvalue weighted by Crippen LogP contribution is -1.87. The third-order valence-electron chi connectivity index (χ3n) is 3.31. The molecule has 0 aliphatic carbocycles. The van der Waals surface area contributed by atoms with Gasteiger partial charge in [-0.1, -0.05) is 49.6 Å². The zero-order chi connectivity index (χ0) is 18.2. The summed E-state index contributed by atoms with van der Waals surface area (Å²) in [5.74, 6) is 0. The lowest BCUT2D eigenvalue weighted by Gasteiger charge is -2.04. The molecule has 0 spiro atoms. The van der Waals surface area contributed by atoms with Crippen molar-refractivity contribution in [3.8, 4) is 0 Å². The molecular weight excluding hydrogens is 348 g/mol. The molecule has 2 aromatic carbocycles. The lowest BCUT2D eigenvalue weighted by molar-refractivity contribution is -0.107. The Labute approximate surface area is 156 Å². The Bertz CT molecular complexity index is 833. The third-order valence-corrected chi connectivity index (χ3v) is 5.23. The number of carbonyl (C=O) groups is 2. The molecule has 25 heavy (non-hydrogen) atoms. The molecule has 0 amide bonds. The molecule has 0 heterocycles. The largest absolute Gasteiger partial charge is 0.282 e. The Hall–Kier alpha value is -2.30. The van der Waals surface area contributed by atoms with Crippen LogP contribution in [0, 0.1) is 6.92 Å². The summed E-state index contributed by atoms with van der Waals surface area (Å²) in [5.41, 5.74) is 3.17. The third kappa shape index (κ3) is 5.93. The predicted molar refractivity (Wildman–Crippen MR) is 109 cm³/mol. The maximum absolute atomic E-state index is 11.4. The quantitative estimate of drug-likeness (QED) is 0.369. The molecule has 0 saturated heterocycles. The van der Waals surface area contributed by atoms with Gasteiger partial charge in [-0.25, -0.2) is 0 Å². The zero-order valence-corrected chi connectivity index (χ0v) is 15.5. The highest BCUT2D eigenvalue weighted by atomic mass is 32.2. The Morgan fingerprint density at radius 1 is 0.840 bits per heavy atom. The smallest absolute Gasteiger partial charge is 0.216 e. The molecule has 2 rings (SSSR count). The molecule has 0 saturated carbocycles. The monoisotopic (exact) mass is 366 g/mol. The average molecular weight is 367 g/mol. The standard InChI is InChI=1S/C21H18O2S2/c1-4-20(22)24-18-11-8-16(9-12-18)6-7-17-10-13-19(15(3)14-17)25-21(23)5-2/h4-14H,1-2H2,3H3/b7-6+. The van der Waals surface area contributed by atoms with Gasteiger partial charge in [-0.2, -0.15) is 0 Å². The van der Waals surface area contributed by atoms with E-state index < -0.39 is 0 Å². The van der Waals surface area contributed by atoms with E-state index in [-0.39, 0.29) is 10.2 Å². The van der Waals surface area contributed by atoms with Crippen molar-refractivity contribution in [2.24, 2.45) is 0 Å². The first kappa shape index (κ1) is 19.0. The minimum Gasteiger partial charge on any atom is -0.282 e. The fourth-order valence-corrected chi connectivity index (χ4v) is 3.28. The fourth-order valence-electron chi connectivity index (χ4n) is 2.04. The highest BCUT2D eigenvalue weighted by Crippen LogP contribution is 2.25. The minimum atomic E-state index is -0.0633. The van der Waals surface area contributed by atoms with E-state index in [0.717, 1.165) is 38.2 Å². The molecule has 0 atom stereocenters. The Morgan fingerprint density at radius 3 is 2.00 bits per heavy atom. The zero-order valence-electron chi connectivity index (χ0n) is 13.9. The van der Waals surface area contributed by atoms with E-state index in [9.17, 15) is 9.59 Å². The van der Waals surface area contributed by atoms with Gasteiger partial charge in [0.05, 0.1) is 0 Å². The van der Waals surface area contributed by atoms with Crippen molar-refractivity contribution >= 4 is 45.9 Å². The van der Waals surface area contributed by atoms with Gasteiger partial charge in [0.1, 0.15) is 0 Å². The summed E-state index contributed by atoms with van der Waals surface area (Å²) < 4.78 is 0. The van der Waals surface area contributed by atoms with E-state index in [2.05, 4.69) is 13.2 Å². The average Bonchev–Trinajstić information content (AvgIpc) is 2.62. The van der Waals surface area contributed by atoms with Gasteiger partial charge in [-0.05, 0) is 77.5 Å². The van der Waals surface area contributed by atoms with E-state index in [0.29, 0.717) is 0 Å². The van der Waals surface area contributed by atoms with Gasteiger partial charge in [0, 0.05) is 9.79 Å². The summed E-state index contributed by atoms with van der Waals surface area (Å²) in [6.07, 6.45) is 6.67. The van der Waals surface area contributed by atoms with Crippen molar-refractivity contribution in [3.63, 3.8) is 0 Å². The van der Waals surface area contributed by atoms with Crippen LogP contribution in [-0.4, -0.2) is 10.2 Å². The van der Waals surface area contributed by atoms with Crippen LogP contribution in [0.1, 0.15) is 16.7 Å². The van der Waals surface area contributed by atoms with E-state index in [1.165, 1.54) is 23.9 Å². The van der Waals surface area contributed by atoms with Crippen molar-refractivity contribution in [3.05, 3.63) is 84.5 Å². The van der Waals surface area contributed by atoms with Crippen molar-refractivity contribution in [1.82, 2.24) is 0 Å². The van der Waals surface area contributed by atoms with Gasteiger partial charge in [0.15, 0.2) is 0 Å². The Kier molecular flexibility index (Phi) is 7.04. The molecule has 0 fully saturated rings. The van der Waals surface area contributed by atoms with Gasteiger partial charge in [-0.15, -0.1) is 0 Å². The normalized spacial score (nSPS) is 10.6. The van der Waals surface area contributed by atoms with Gasteiger partial charge in [0.25, 0.3) is 0 Å². The topological polar surface area (TPSA) is 34.1 Å². The van der Waals surface area contributed by atoms with Crippen molar-refractivity contribution in [2.75, 3.05) is 0 Å². The number of hydrogen-bond acceptors (Lipinski definition) is 4. The molecule has 0 unspecified atom stereocenters. The Morgan fingerprint density at radius 2 is 1.40 bits per heavy atom. The summed E-state index contributed by atoms with van der Waals surface area (Å²) >= 11 is 2.34. The summed E-state index contributed by atoms with van der Waals surface area (Å²) in [4.78, 5) is 24.6. The van der Waals surface area contributed by atoms with Crippen LogP contribution < -0.4 is 0 Å². The summed E-state index contributed by atoms with van der Waals surface area (Å²) in [6.45, 7) is 8.94. The molecule has 2 aromatic rings. The first-order valence-corrected chi connectivity index (χ1v) is 9.22. The molecule has 0 aliphatic rings. The number of thioether (sulfide) groups is 2. The highest BCUT2D eigenvalue weighted by molar-refractivity contribution is 8.14. The molecule has 4 heteroatoms. The predicted octanol–water partition coefficient (Wildman–Crippen LogP) is 5.77. The van der Waals surface area contributed by atoms with Crippen LogP contribution >= 0.6 is 23.5 Å². The second-order valence-electron chi connectivity index (χ2n) is 5.18. The minimum absolute atomic E-state index is 0.0562. The molecule has 0 N–H and O–H groups in total. The number of benzene rings is 2. The molecule has 2 nitrogen and oxygen atoms in total. The molecule has 0 bridgehead atoms. The summed E-state index contributed by atoms with van der Waals surface area (Å²) in [7, 11) is 0.